The number of aliphatic imine (C=N–C) groups is 1. The summed E-state index contributed by atoms with van der Waals surface area (Å²) in [4.78, 5) is 133. The van der Waals surface area contributed by atoms with Gasteiger partial charge >= 0.3 is 0 Å². The van der Waals surface area contributed by atoms with Crippen LogP contribution in [0.3, 0.4) is 0 Å². The van der Waals surface area contributed by atoms with Crippen molar-refractivity contribution in [2.45, 2.75) is 44.9 Å². The molecular formula is C93H88Cl9N17O18. The average Bonchev–Trinajstić information content (AvgIpc) is 0.812. The number of anilines is 6. The summed E-state index contributed by atoms with van der Waals surface area (Å²) in [7, 11) is 18.2. The predicted molar refractivity (Wildman–Crippen MR) is 530 cm³/mol. The minimum atomic E-state index is -0.509. The van der Waals surface area contributed by atoms with Crippen LogP contribution < -0.4 is 69.0 Å². The van der Waals surface area contributed by atoms with E-state index in [9.17, 15) is 49.0 Å². The number of carbonyl (C=O) groups is 5. The molecule has 0 unspecified atom stereocenters. The summed E-state index contributed by atoms with van der Waals surface area (Å²) in [5, 5.41) is 29.1. The van der Waals surface area contributed by atoms with E-state index >= 15 is 0 Å². The number of likely N-dealkylation sites (N-methyl/N-ethyl adjacent to an activating group) is 3. The Balaban J connectivity index is 0.000000237. The number of rotatable bonds is 32. The second kappa shape index (κ2) is 54.4. The molecule has 8 aromatic carbocycles. The number of amides is 4. The molecule has 4 aromatic heterocycles. The minimum Gasteiger partial charge on any atom is -0.495 e. The third-order valence-corrected chi connectivity index (χ3v) is 22.9. The fourth-order valence-electron chi connectivity index (χ4n) is 12.2. The van der Waals surface area contributed by atoms with Crippen molar-refractivity contribution in [3.63, 3.8) is 0 Å². The molecule has 137 heavy (non-hydrogen) atoms. The van der Waals surface area contributed by atoms with Crippen molar-refractivity contribution in [1.82, 2.24) is 39.9 Å². The van der Waals surface area contributed by atoms with Crippen LogP contribution in [-0.2, 0) is 73.7 Å². The molecular weight excluding hydrogens is 1960 g/mol. The normalized spacial score (nSPS) is 10.2. The standard InChI is InChI=1S/C25H24Cl2N4O4.C22H20Cl2N4O5.C22H22Cl2N4O3.C12H12N4O2.C9H7Cl2NO3.C3H3ClO/c1-5-22(32)30-18-9-7-6-8-15(18)10-16-11-21(29-14-28-16)31(2)23(33)12-17-24(26)19(34-3)13-20(35-4)25(17)27;1-27(20(29)10-15-21(23)17(32-2)11-18(33-3)22(15)24)19-9-14(25-12-26-19)8-13-6-4-5-7-16(13)28(30)31;1-28(19-9-14(26-12-27-19)8-13-6-4-5-7-16(13)25)20(29)10-15-21(23)17(30-2)11-18(31-3)22(15)24;1-13-12-7-10(14-8-15-12)6-9-4-2-3-5-11(9)16(17)18;1-14-5-3-6(15-2)8(11)9(7(5)10)12-4-13;1-2-3(4)5/h5-9,11,13-14H,1,10,12H2,2-4H3,(H,30,32);4-7,9,11-12H,8,10H2,1-3H3;4-7,9,11-12H,8,10,25H2,1-3H3;2-5,7-8H,6H2,1H3,(H,13,14,15);3H,1-2H3;2H,1H2. The van der Waals surface area contributed by atoms with Crippen LogP contribution >= 0.6 is 104 Å². The Bertz CT molecular complexity index is 6310. The fourth-order valence-corrected chi connectivity index (χ4v) is 14.7. The van der Waals surface area contributed by atoms with Gasteiger partial charge in [0, 0.05) is 154 Å². The lowest BCUT2D eigenvalue weighted by Crippen LogP contribution is -2.29. The number of carbonyl (C=O) groups excluding carboxylic acids is 6. The maximum absolute atomic E-state index is 13.1. The number of methoxy groups -OCH3 is 8. The molecule has 12 aromatic rings. The Morgan fingerprint density at radius 2 is 0.708 bits per heavy atom. The summed E-state index contributed by atoms with van der Waals surface area (Å²) in [6, 6.07) is 41.0. The highest BCUT2D eigenvalue weighted by Gasteiger charge is 2.28. The molecule has 35 nitrogen and oxygen atoms in total. The Morgan fingerprint density at radius 3 is 1.01 bits per heavy atom. The van der Waals surface area contributed by atoms with Crippen molar-refractivity contribution < 1.29 is 76.5 Å². The zero-order valence-electron chi connectivity index (χ0n) is 75.3. The Kier molecular flexibility index (Phi) is 43.7. The lowest BCUT2D eigenvalue weighted by atomic mass is 10.1. The van der Waals surface area contributed by atoms with Crippen molar-refractivity contribution in [2.75, 3.05) is 116 Å². The summed E-state index contributed by atoms with van der Waals surface area (Å²) in [6.07, 6.45) is 10.4. The van der Waals surface area contributed by atoms with Gasteiger partial charge in [-0.25, -0.2) is 44.7 Å². The lowest BCUT2D eigenvalue weighted by molar-refractivity contribution is -0.385. The number of isocyanates is 1. The van der Waals surface area contributed by atoms with Crippen LogP contribution in [0.25, 0.3) is 0 Å². The number of halogens is 9. The van der Waals surface area contributed by atoms with Crippen molar-refractivity contribution in [3.05, 3.63) is 318 Å². The van der Waals surface area contributed by atoms with Crippen molar-refractivity contribution in [3.8, 4) is 46.0 Å². The molecule has 4 N–H and O–H groups in total. The number of nitrogens with two attached hydrogens (primary N) is 1. The van der Waals surface area contributed by atoms with E-state index < -0.39 is 10.2 Å². The third-order valence-electron chi connectivity index (χ3n) is 19.5. The number of ether oxygens (including phenoxy) is 8. The lowest BCUT2D eigenvalue weighted by Gasteiger charge is -2.19. The maximum atomic E-state index is 13.1. The molecule has 0 atom stereocenters. The van der Waals surface area contributed by atoms with Crippen LogP contribution in [0.4, 0.5) is 51.7 Å². The molecule has 4 amide bonds. The maximum Gasteiger partial charge on any atom is 0.272 e. The van der Waals surface area contributed by atoms with E-state index in [0.717, 1.165) is 28.6 Å². The average molecular weight is 2050 g/mol. The molecule has 0 radical (unpaired) electrons. The van der Waals surface area contributed by atoms with Gasteiger partial charge in [0.25, 0.3) is 11.4 Å². The van der Waals surface area contributed by atoms with E-state index in [-0.39, 0.29) is 111 Å². The number of nitro groups is 2. The fraction of sp³-hybridized carbons (Fsp3) is 0.204. The number of allylic oxidation sites excluding steroid dienone is 1. The van der Waals surface area contributed by atoms with Gasteiger partial charge in [-0.05, 0) is 47.0 Å². The minimum absolute atomic E-state index is 0.00153. The number of hydrogen-bond acceptors (Lipinski definition) is 29. The molecule has 44 heteroatoms. The quantitative estimate of drug-likeness (QED) is 0.00670. The molecule has 4 heterocycles. The van der Waals surface area contributed by atoms with E-state index in [1.54, 1.807) is 113 Å². The van der Waals surface area contributed by atoms with Crippen molar-refractivity contribution in [1.29, 1.82) is 0 Å². The van der Waals surface area contributed by atoms with E-state index in [1.807, 2.05) is 42.5 Å². The molecule has 0 aliphatic heterocycles. The summed E-state index contributed by atoms with van der Waals surface area (Å²) < 4.78 is 41.5. The predicted octanol–water partition coefficient (Wildman–Crippen LogP) is 19.3. The number of para-hydroxylation sites is 4. The molecule has 0 saturated carbocycles. The Labute approximate surface area is 832 Å². The van der Waals surface area contributed by atoms with Crippen LogP contribution in [0.5, 0.6) is 46.0 Å². The monoisotopic (exact) mass is 2050 g/mol. The summed E-state index contributed by atoms with van der Waals surface area (Å²) in [6.45, 7) is 6.56. The van der Waals surface area contributed by atoms with Crippen LogP contribution in [0.1, 0.15) is 61.7 Å². The van der Waals surface area contributed by atoms with Crippen molar-refractivity contribution in [2.24, 2.45) is 4.99 Å². The number of nitrogens with one attached hydrogen (secondary N) is 2. The SMILES string of the molecule is C=CC(=O)Cl.C=CC(=O)Nc1ccccc1Cc1cc(N(C)C(=O)Cc2c(Cl)c(OC)cc(OC)c2Cl)ncn1.CNc1cc(Cc2ccccc2[N+](=O)[O-])ncn1.COc1cc(OC)c(Cl)c(CC(=O)N(C)c2cc(Cc3ccccc3N)ncn2)c1Cl.COc1cc(OC)c(Cl)c(CC(=O)N(C)c2cc(Cc3ccccc3[N+](=O)[O-])ncn2)c1Cl.COc1cc(OC)c(Cl)c(N=C=O)c1Cl. The van der Waals surface area contributed by atoms with E-state index in [2.05, 4.69) is 68.7 Å². The van der Waals surface area contributed by atoms with Crippen molar-refractivity contribution >= 4 is 191 Å². The highest BCUT2D eigenvalue weighted by atomic mass is 35.5. The van der Waals surface area contributed by atoms with Gasteiger partial charge in [0.1, 0.15) is 110 Å². The van der Waals surface area contributed by atoms with E-state index in [4.69, 9.17) is 148 Å². The van der Waals surface area contributed by atoms with Crippen LogP contribution in [0, 0.1) is 20.2 Å². The van der Waals surface area contributed by atoms with Gasteiger partial charge in [-0.3, -0.25) is 58.9 Å². The highest BCUT2D eigenvalue weighted by Crippen LogP contribution is 2.47. The second-order valence-corrected chi connectivity index (χ2v) is 31.2. The molecule has 0 spiro atoms. The zero-order chi connectivity index (χ0) is 101. The van der Waals surface area contributed by atoms with Gasteiger partial charge in [0.2, 0.25) is 35.0 Å². The van der Waals surface area contributed by atoms with E-state index in [1.165, 1.54) is 127 Å². The number of nitrogens with zero attached hydrogens (tertiary/aromatic N) is 14. The number of nitrogen functional groups attached to an aromatic ring is 1. The molecule has 0 bridgehead atoms. The second-order valence-electron chi connectivity index (χ2n) is 27.8. The van der Waals surface area contributed by atoms with Gasteiger partial charge in [0.15, 0.2) is 0 Å². The third kappa shape index (κ3) is 30.7. The van der Waals surface area contributed by atoms with Gasteiger partial charge < -0.3 is 54.3 Å². The number of nitro benzene ring substituents is 2. The first-order valence-corrected chi connectivity index (χ1v) is 43.2. The molecule has 0 aliphatic rings. The Morgan fingerprint density at radius 1 is 0.423 bits per heavy atom. The van der Waals surface area contributed by atoms with Gasteiger partial charge in [-0.2, -0.15) is 4.99 Å². The molecule has 0 saturated heterocycles. The summed E-state index contributed by atoms with van der Waals surface area (Å²) in [5.41, 5.74) is 14.3. The topological polar surface area (TPSA) is 438 Å². The first-order chi connectivity index (χ1) is 65.5. The summed E-state index contributed by atoms with van der Waals surface area (Å²) in [5.74, 6) is 3.42. The Hall–Kier alpha value is -14.1. The first kappa shape index (κ1) is 110. The van der Waals surface area contributed by atoms with Crippen LogP contribution in [-0.4, -0.2) is 170 Å². The molecule has 716 valence electrons. The summed E-state index contributed by atoms with van der Waals surface area (Å²) >= 11 is 54.9. The van der Waals surface area contributed by atoms with E-state index in [0.29, 0.717) is 139 Å². The molecule has 0 aliphatic carbocycles. The van der Waals surface area contributed by atoms with Gasteiger partial charge in [-0.15, -0.1) is 0 Å². The highest BCUT2D eigenvalue weighted by molar-refractivity contribution is 6.66. The van der Waals surface area contributed by atoms with Crippen LogP contribution in [0.15, 0.2) is 201 Å². The zero-order valence-corrected chi connectivity index (χ0v) is 82.1. The smallest absolute Gasteiger partial charge is 0.272 e. The molecule has 12 rings (SSSR count). The van der Waals surface area contributed by atoms with Gasteiger partial charge in [0.05, 0.1) is 139 Å². The molecule has 0 fully saturated rings. The van der Waals surface area contributed by atoms with Gasteiger partial charge in [-0.1, -0.05) is 179 Å². The number of aromatic nitrogens is 8. The first-order valence-electron chi connectivity index (χ1n) is 39.8. The number of hydrogen-bond donors (Lipinski definition) is 3. The van der Waals surface area contributed by atoms with Crippen LogP contribution in [0.2, 0.25) is 40.2 Å². The largest absolute Gasteiger partial charge is 0.495 e. The number of benzene rings is 8.